The van der Waals surface area contributed by atoms with Crippen molar-refractivity contribution in [3.05, 3.63) is 0 Å². The molecule has 0 aliphatic carbocycles. The molecule has 0 saturated carbocycles. The van der Waals surface area contributed by atoms with Gasteiger partial charge in [0.2, 0.25) is 5.91 Å². The lowest BCUT2D eigenvalue weighted by Crippen LogP contribution is -2.50. The van der Waals surface area contributed by atoms with Crippen LogP contribution in [0.4, 0.5) is 0 Å². The average molecular weight is 309 g/mol. The van der Waals surface area contributed by atoms with Crippen molar-refractivity contribution >= 4 is 21.8 Å². The topological polar surface area (TPSA) is 42.0 Å². The monoisotopic (exact) mass is 308 g/mol. The van der Waals surface area contributed by atoms with E-state index >= 15 is 0 Å². The van der Waals surface area contributed by atoms with E-state index in [0.717, 1.165) is 38.1 Å². The van der Waals surface area contributed by atoms with Crippen molar-refractivity contribution in [2.24, 2.45) is 0 Å². The number of nitrogens with zero attached hydrogens (tertiary/aromatic N) is 2. The summed E-state index contributed by atoms with van der Waals surface area (Å²) in [5.41, 5.74) is 0. The fourth-order valence-electron chi connectivity index (χ4n) is 1.73. The first kappa shape index (κ1) is 14.9. The van der Waals surface area contributed by atoms with E-state index in [1.165, 1.54) is 0 Å². The van der Waals surface area contributed by atoms with Gasteiger partial charge in [0.25, 0.3) is 0 Å². The van der Waals surface area contributed by atoms with Gasteiger partial charge in [0.1, 0.15) is 6.61 Å². The van der Waals surface area contributed by atoms with E-state index in [2.05, 4.69) is 20.8 Å². The van der Waals surface area contributed by atoms with Crippen LogP contribution in [0.15, 0.2) is 0 Å². The summed E-state index contributed by atoms with van der Waals surface area (Å²) in [5, 5.41) is 0.987. The molecule has 1 aliphatic heterocycles. The van der Waals surface area contributed by atoms with Crippen LogP contribution in [0.3, 0.4) is 0 Å². The first-order chi connectivity index (χ1) is 8.27. The predicted molar refractivity (Wildman–Crippen MR) is 69.5 cm³/mol. The summed E-state index contributed by atoms with van der Waals surface area (Å²) in [6, 6.07) is 0. The quantitative estimate of drug-likeness (QED) is 0.497. The van der Waals surface area contributed by atoms with Crippen LogP contribution in [0.1, 0.15) is 0 Å². The maximum atomic E-state index is 11.8. The Bertz CT molecular complexity index is 221. The van der Waals surface area contributed by atoms with Gasteiger partial charge in [-0.2, -0.15) is 0 Å². The van der Waals surface area contributed by atoms with Gasteiger partial charge in [-0.05, 0) is 0 Å². The highest BCUT2D eigenvalue weighted by Gasteiger charge is 2.20. The fraction of sp³-hybridized carbons (Fsp3) is 0.909. The summed E-state index contributed by atoms with van der Waals surface area (Å²) >= 11 is 3.42. The van der Waals surface area contributed by atoms with E-state index < -0.39 is 0 Å². The lowest BCUT2D eigenvalue weighted by atomic mass is 10.3. The van der Waals surface area contributed by atoms with Crippen molar-refractivity contribution < 1.29 is 14.3 Å². The number of hydrogen-bond donors (Lipinski definition) is 0. The van der Waals surface area contributed by atoms with Gasteiger partial charge in [-0.15, -0.1) is 0 Å². The fourth-order valence-corrected chi connectivity index (χ4v) is 2.23. The third-order valence-electron chi connectivity index (χ3n) is 2.78. The Hall–Kier alpha value is -0.170. The second-order valence-corrected chi connectivity index (χ2v) is 4.75. The Kier molecular flexibility index (Phi) is 7.75. The molecule has 100 valence electrons. The summed E-state index contributed by atoms with van der Waals surface area (Å²) in [7, 11) is 1.62. The van der Waals surface area contributed by atoms with Gasteiger partial charge < -0.3 is 14.4 Å². The van der Waals surface area contributed by atoms with E-state index in [1.807, 2.05) is 4.90 Å². The van der Waals surface area contributed by atoms with E-state index in [9.17, 15) is 4.79 Å². The summed E-state index contributed by atoms with van der Waals surface area (Å²) in [6.07, 6.45) is 0. The van der Waals surface area contributed by atoms with Gasteiger partial charge in [-0.1, -0.05) is 15.9 Å². The Morgan fingerprint density at radius 2 is 1.94 bits per heavy atom. The highest BCUT2D eigenvalue weighted by atomic mass is 79.9. The van der Waals surface area contributed by atoms with E-state index in [4.69, 9.17) is 9.47 Å². The number of alkyl halides is 1. The molecule has 0 spiro atoms. The number of hydrogen-bond acceptors (Lipinski definition) is 4. The predicted octanol–water partition coefficient (Wildman–Crippen LogP) is 0.189. The molecule has 0 unspecified atom stereocenters. The second-order valence-electron chi connectivity index (χ2n) is 3.96. The van der Waals surface area contributed by atoms with Crippen LogP contribution in [0.25, 0.3) is 0 Å². The Balaban J connectivity index is 2.12. The van der Waals surface area contributed by atoms with Gasteiger partial charge in [0, 0.05) is 45.2 Å². The molecule has 0 aromatic carbocycles. The molecule has 0 bridgehead atoms. The van der Waals surface area contributed by atoms with Crippen LogP contribution < -0.4 is 0 Å². The summed E-state index contributed by atoms with van der Waals surface area (Å²) in [4.78, 5) is 16.0. The number of halogens is 1. The van der Waals surface area contributed by atoms with Crippen LogP contribution in [0.5, 0.6) is 0 Å². The van der Waals surface area contributed by atoms with Crippen LogP contribution >= 0.6 is 15.9 Å². The number of rotatable bonds is 7. The SMILES string of the molecule is COCCOCC(=O)N1CCN(CCBr)CC1. The third-order valence-corrected chi connectivity index (χ3v) is 3.14. The number of carbonyl (C=O) groups excluding carboxylic acids is 1. The van der Waals surface area contributed by atoms with Gasteiger partial charge in [-0.3, -0.25) is 9.69 Å². The molecule has 5 nitrogen and oxygen atoms in total. The zero-order chi connectivity index (χ0) is 12.5. The maximum absolute atomic E-state index is 11.8. The molecule has 17 heavy (non-hydrogen) atoms. The molecule has 0 N–H and O–H groups in total. The van der Waals surface area contributed by atoms with Crippen LogP contribution in [0, 0.1) is 0 Å². The zero-order valence-electron chi connectivity index (χ0n) is 10.4. The van der Waals surface area contributed by atoms with Gasteiger partial charge in [0.05, 0.1) is 13.2 Å². The Morgan fingerprint density at radius 3 is 2.53 bits per heavy atom. The lowest BCUT2D eigenvalue weighted by molar-refractivity contribution is -0.138. The minimum atomic E-state index is 0.0830. The van der Waals surface area contributed by atoms with Gasteiger partial charge in [-0.25, -0.2) is 0 Å². The Morgan fingerprint density at radius 1 is 1.24 bits per heavy atom. The van der Waals surface area contributed by atoms with Crippen molar-refractivity contribution in [3.8, 4) is 0 Å². The number of carbonyl (C=O) groups is 1. The third kappa shape index (κ3) is 5.81. The molecule has 0 atom stereocenters. The summed E-state index contributed by atoms with van der Waals surface area (Å²) in [6.45, 7) is 5.75. The molecule has 0 radical (unpaired) electrons. The molecule has 1 fully saturated rings. The molecule has 6 heteroatoms. The number of piperazine rings is 1. The molecule has 0 aromatic rings. The molecule has 1 heterocycles. The normalized spacial score (nSPS) is 17.4. The van der Waals surface area contributed by atoms with E-state index in [0.29, 0.717) is 13.2 Å². The minimum Gasteiger partial charge on any atom is -0.382 e. The second kappa shape index (κ2) is 8.85. The largest absolute Gasteiger partial charge is 0.382 e. The van der Waals surface area contributed by atoms with E-state index in [1.54, 1.807) is 7.11 Å². The summed E-state index contributed by atoms with van der Waals surface area (Å²) in [5.74, 6) is 0.0830. The lowest BCUT2D eigenvalue weighted by Gasteiger charge is -2.34. The van der Waals surface area contributed by atoms with E-state index in [-0.39, 0.29) is 12.5 Å². The van der Waals surface area contributed by atoms with Crippen molar-refractivity contribution in [2.45, 2.75) is 0 Å². The molecule has 0 aromatic heterocycles. The minimum absolute atomic E-state index is 0.0830. The van der Waals surface area contributed by atoms with Crippen molar-refractivity contribution in [1.29, 1.82) is 0 Å². The highest BCUT2D eigenvalue weighted by Crippen LogP contribution is 2.02. The highest BCUT2D eigenvalue weighted by molar-refractivity contribution is 9.09. The van der Waals surface area contributed by atoms with Crippen molar-refractivity contribution in [2.75, 3.05) is 65.0 Å². The first-order valence-electron chi connectivity index (χ1n) is 5.90. The van der Waals surface area contributed by atoms with Crippen LogP contribution in [-0.4, -0.2) is 80.7 Å². The number of ether oxygens (including phenoxy) is 2. The number of amides is 1. The molecule has 1 amide bonds. The molecular formula is C11H21BrN2O3. The Labute approximate surface area is 111 Å². The summed E-state index contributed by atoms with van der Waals surface area (Å²) < 4.78 is 10.1. The van der Waals surface area contributed by atoms with Crippen molar-refractivity contribution in [1.82, 2.24) is 9.80 Å². The van der Waals surface area contributed by atoms with Crippen molar-refractivity contribution in [3.63, 3.8) is 0 Å². The van der Waals surface area contributed by atoms with Crippen LogP contribution in [0.2, 0.25) is 0 Å². The first-order valence-corrected chi connectivity index (χ1v) is 7.03. The molecule has 1 saturated heterocycles. The molecule has 1 aliphatic rings. The number of methoxy groups -OCH3 is 1. The smallest absolute Gasteiger partial charge is 0.248 e. The zero-order valence-corrected chi connectivity index (χ0v) is 11.9. The molecule has 1 rings (SSSR count). The van der Waals surface area contributed by atoms with Crippen LogP contribution in [-0.2, 0) is 14.3 Å². The maximum Gasteiger partial charge on any atom is 0.248 e. The van der Waals surface area contributed by atoms with Gasteiger partial charge >= 0.3 is 0 Å². The van der Waals surface area contributed by atoms with Gasteiger partial charge in [0.15, 0.2) is 0 Å². The standard InChI is InChI=1S/C11H21BrN2O3/c1-16-8-9-17-10-11(15)14-6-4-13(3-2-12)5-7-14/h2-10H2,1H3. The molecular weight excluding hydrogens is 288 g/mol. The average Bonchev–Trinajstić information content (AvgIpc) is 2.36.